The zero-order valence-corrected chi connectivity index (χ0v) is 28.3. The van der Waals surface area contributed by atoms with Crippen molar-refractivity contribution in [1.82, 2.24) is 15.5 Å². The number of aryl methyl sites for hydroxylation is 2. The molecule has 3 aromatic carbocycles. The molecule has 0 radical (unpaired) electrons. The summed E-state index contributed by atoms with van der Waals surface area (Å²) in [5, 5.41) is 16.3. The number of para-hydroxylation sites is 1. The van der Waals surface area contributed by atoms with Gasteiger partial charge in [0.1, 0.15) is 31.1 Å². The molecule has 1 atom stereocenters. The van der Waals surface area contributed by atoms with Crippen LogP contribution in [0.3, 0.4) is 0 Å². The van der Waals surface area contributed by atoms with Crippen LogP contribution in [0.25, 0.3) is 5.57 Å². The molecule has 1 saturated carbocycles. The van der Waals surface area contributed by atoms with E-state index < -0.39 is 24.5 Å². The zero-order chi connectivity index (χ0) is 35.1. The number of nitrogens with one attached hydrogen (secondary N) is 2. The lowest BCUT2D eigenvalue weighted by Crippen LogP contribution is -2.46. The average molecular weight is 700 g/mol. The van der Waals surface area contributed by atoms with Crippen molar-refractivity contribution in [3.63, 3.8) is 0 Å². The molecule has 3 N–H and O–H groups in total. The van der Waals surface area contributed by atoms with Crippen molar-refractivity contribution < 1.29 is 37.3 Å². The highest BCUT2D eigenvalue weighted by Gasteiger charge is 2.38. The van der Waals surface area contributed by atoms with Gasteiger partial charge in [0, 0.05) is 29.7 Å². The normalized spacial score (nSPS) is 16.3. The van der Waals surface area contributed by atoms with Crippen molar-refractivity contribution in [2.45, 2.75) is 70.9 Å². The Balaban J connectivity index is 1.30. The predicted molar refractivity (Wildman–Crippen MR) is 181 cm³/mol. The maximum absolute atomic E-state index is 14.4. The van der Waals surface area contributed by atoms with E-state index in [-0.39, 0.29) is 31.6 Å². The molecule has 0 aromatic heterocycles. The molecule has 1 aliphatic carbocycles. The molecular formula is C37H41ClF3N3O5. The van der Waals surface area contributed by atoms with Crippen molar-refractivity contribution >= 4 is 29.0 Å². The van der Waals surface area contributed by atoms with Crippen LogP contribution < -0.4 is 20.1 Å². The van der Waals surface area contributed by atoms with Crippen molar-refractivity contribution in [2.24, 2.45) is 0 Å². The van der Waals surface area contributed by atoms with Crippen LogP contribution in [-0.2, 0) is 22.7 Å². The molecule has 1 unspecified atom stereocenters. The van der Waals surface area contributed by atoms with Crippen molar-refractivity contribution in [3.05, 3.63) is 99.1 Å². The number of alkyl halides is 3. The molecule has 12 heteroatoms. The molecule has 0 spiro atoms. The monoisotopic (exact) mass is 699 g/mol. The van der Waals surface area contributed by atoms with Crippen LogP contribution in [0.5, 0.6) is 11.5 Å². The summed E-state index contributed by atoms with van der Waals surface area (Å²) < 4.78 is 49.6. The Morgan fingerprint density at radius 2 is 1.71 bits per heavy atom. The number of halogens is 4. The number of carbonyl (C=O) groups excluding carboxylic acids is 2. The minimum absolute atomic E-state index is 0.0183. The Bertz CT molecular complexity index is 1650. The number of nitrogens with zero attached hydrogens (tertiary/aromatic N) is 1. The number of carbonyl (C=O) groups is 2. The summed E-state index contributed by atoms with van der Waals surface area (Å²) in [5.74, 6) is 0.185. The van der Waals surface area contributed by atoms with Gasteiger partial charge in [0.15, 0.2) is 0 Å². The first kappa shape index (κ1) is 36.2. The SMILES string of the molecule is Cc1cccc(C)c1OCCOc1ccc(C2=C(C(=O)N(Cc3cc(CNC(=O)CC(F)(F)F)ccc3Cl)C3CC3)C(CO)NCC2)cc1. The van der Waals surface area contributed by atoms with Gasteiger partial charge in [-0.25, -0.2) is 0 Å². The predicted octanol–water partition coefficient (Wildman–Crippen LogP) is 6.28. The molecule has 0 bridgehead atoms. The molecule has 1 heterocycles. The summed E-state index contributed by atoms with van der Waals surface area (Å²) in [7, 11) is 0. The first-order chi connectivity index (χ1) is 23.4. The van der Waals surface area contributed by atoms with Crippen LogP contribution >= 0.6 is 11.6 Å². The van der Waals surface area contributed by atoms with Gasteiger partial charge in [0.2, 0.25) is 5.91 Å². The van der Waals surface area contributed by atoms with E-state index in [0.717, 1.165) is 40.9 Å². The molecule has 3 aromatic rings. The van der Waals surface area contributed by atoms with Crippen molar-refractivity contribution in [2.75, 3.05) is 26.4 Å². The van der Waals surface area contributed by atoms with E-state index in [1.807, 2.05) is 56.3 Å². The highest BCUT2D eigenvalue weighted by molar-refractivity contribution is 6.31. The summed E-state index contributed by atoms with van der Waals surface area (Å²) in [4.78, 5) is 27.8. The van der Waals surface area contributed by atoms with Crippen LogP contribution in [0.1, 0.15) is 53.5 Å². The minimum atomic E-state index is -4.60. The van der Waals surface area contributed by atoms with Gasteiger partial charge in [-0.05, 0) is 91.2 Å². The van der Waals surface area contributed by atoms with E-state index in [2.05, 4.69) is 10.6 Å². The summed E-state index contributed by atoms with van der Waals surface area (Å²) in [6.45, 7) is 5.13. The first-order valence-electron chi connectivity index (χ1n) is 16.3. The maximum atomic E-state index is 14.4. The highest BCUT2D eigenvalue weighted by Crippen LogP contribution is 2.36. The van der Waals surface area contributed by atoms with Crippen LogP contribution in [0.2, 0.25) is 5.02 Å². The maximum Gasteiger partial charge on any atom is 0.397 e. The molecule has 0 saturated heterocycles. The lowest BCUT2D eigenvalue weighted by molar-refractivity contribution is -0.153. The van der Waals surface area contributed by atoms with Crippen LogP contribution in [0.15, 0.2) is 66.2 Å². The molecular weight excluding hydrogens is 659 g/mol. The Morgan fingerprint density at radius 1 is 1.02 bits per heavy atom. The second-order valence-corrected chi connectivity index (χ2v) is 12.8. The molecule has 262 valence electrons. The summed E-state index contributed by atoms with van der Waals surface area (Å²) in [6, 6.07) is 17.9. The zero-order valence-electron chi connectivity index (χ0n) is 27.5. The first-order valence-corrected chi connectivity index (χ1v) is 16.7. The van der Waals surface area contributed by atoms with Gasteiger partial charge in [-0.1, -0.05) is 54.1 Å². The standard InChI is InChI=1S/C37H41ClF3N3O5/c1-23-4-3-5-24(2)35(23)49-17-16-48-29-11-7-26(8-12-29)30-14-15-42-32(22-45)34(30)36(47)44(28-9-10-28)21-27-18-25(6-13-31(27)38)20-43-33(46)19-37(39,40)41/h3-8,11-13,18,28,32,42,45H,9-10,14-17,19-22H2,1-2H3,(H,43,46). The van der Waals surface area contributed by atoms with Gasteiger partial charge in [-0.15, -0.1) is 0 Å². The van der Waals surface area contributed by atoms with Gasteiger partial charge in [-0.3, -0.25) is 9.59 Å². The quantitative estimate of drug-likeness (QED) is 0.171. The van der Waals surface area contributed by atoms with E-state index in [0.29, 0.717) is 53.7 Å². The fraction of sp³-hybridized carbons (Fsp3) is 0.405. The molecule has 2 amide bonds. The number of aliphatic hydroxyl groups excluding tert-OH is 1. The van der Waals surface area contributed by atoms with E-state index in [1.54, 1.807) is 23.1 Å². The van der Waals surface area contributed by atoms with Crippen LogP contribution in [-0.4, -0.2) is 66.4 Å². The third kappa shape index (κ3) is 9.77. The van der Waals surface area contributed by atoms with Gasteiger partial charge in [0.25, 0.3) is 5.91 Å². The van der Waals surface area contributed by atoms with Crippen LogP contribution in [0.4, 0.5) is 13.2 Å². The fourth-order valence-electron chi connectivity index (χ4n) is 6.03. The Kier molecular flexibility index (Phi) is 11.9. The summed E-state index contributed by atoms with van der Waals surface area (Å²) in [6.07, 6.45) is -3.95. The van der Waals surface area contributed by atoms with Gasteiger partial charge < -0.3 is 30.1 Å². The van der Waals surface area contributed by atoms with Gasteiger partial charge in [-0.2, -0.15) is 13.2 Å². The third-order valence-electron chi connectivity index (χ3n) is 8.61. The van der Waals surface area contributed by atoms with Gasteiger partial charge in [0.05, 0.1) is 12.6 Å². The lowest BCUT2D eigenvalue weighted by atomic mass is 9.88. The number of benzene rings is 3. The summed E-state index contributed by atoms with van der Waals surface area (Å²) >= 11 is 6.53. The molecule has 8 nitrogen and oxygen atoms in total. The van der Waals surface area contributed by atoms with Crippen molar-refractivity contribution in [3.8, 4) is 11.5 Å². The number of aliphatic hydroxyl groups is 1. The summed E-state index contributed by atoms with van der Waals surface area (Å²) in [5.41, 5.74) is 5.48. The second-order valence-electron chi connectivity index (χ2n) is 12.4. The highest BCUT2D eigenvalue weighted by atomic mass is 35.5. The Labute approximate surface area is 289 Å². The molecule has 1 aliphatic heterocycles. The molecule has 2 aliphatic rings. The van der Waals surface area contributed by atoms with Crippen LogP contribution in [0, 0.1) is 13.8 Å². The van der Waals surface area contributed by atoms with E-state index in [4.69, 9.17) is 21.1 Å². The van der Waals surface area contributed by atoms with E-state index in [1.165, 1.54) is 0 Å². The molecule has 1 fully saturated rings. The van der Waals surface area contributed by atoms with Crippen molar-refractivity contribution in [1.29, 1.82) is 0 Å². The van der Waals surface area contributed by atoms with E-state index in [9.17, 15) is 27.9 Å². The topological polar surface area (TPSA) is 100 Å². The smallest absolute Gasteiger partial charge is 0.397 e. The van der Waals surface area contributed by atoms with E-state index >= 15 is 0 Å². The Morgan fingerprint density at radius 3 is 2.37 bits per heavy atom. The third-order valence-corrected chi connectivity index (χ3v) is 8.98. The number of amides is 2. The molecule has 49 heavy (non-hydrogen) atoms. The largest absolute Gasteiger partial charge is 0.490 e. The number of hydrogen-bond acceptors (Lipinski definition) is 6. The second kappa shape index (κ2) is 16.1. The fourth-order valence-corrected chi connectivity index (χ4v) is 6.21. The lowest BCUT2D eigenvalue weighted by Gasteiger charge is -2.33. The van der Waals surface area contributed by atoms with Gasteiger partial charge >= 0.3 is 6.18 Å². The average Bonchev–Trinajstić information content (AvgIpc) is 3.91. The Hall–Kier alpha value is -4.06. The number of hydrogen-bond donors (Lipinski definition) is 3. The molecule has 5 rings (SSSR count). The number of ether oxygens (including phenoxy) is 2. The number of rotatable bonds is 14. The minimum Gasteiger partial charge on any atom is -0.490 e.